The maximum absolute atomic E-state index is 11.8. The molecule has 4 nitrogen and oxygen atoms in total. The van der Waals surface area contributed by atoms with Gasteiger partial charge in [0.05, 0.1) is 19.1 Å². The fraction of sp³-hybridized carbons (Fsp3) is 0.462. The number of nitrogens with one attached hydrogen (secondary N) is 1. The highest BCUT2D eigenvalue weighted by molar-refractivity contribution is 5.86. The van der Waals surface area contributed by atoms with Gasteiger partial charge in [-0.15, -0.1) is 0 Å². The number of carbonyl (C=O) groups excluding carboxylic acids is 1. The molecule has 17 heavy (non-hydrogen) atoms. The largest absolute Gasteiger partial charge is 0.378 e. The zero-order chi connectivity index (χ0) is 12.1. The van der Waals surface area contributed by atoms with E-state index in [2.05, 4.69) is 11.4 Å². The van der Waals surface area contributed by atoms with E-state index >= 15 is 0 Å². The molecular formula is C13H18N2O2. The number of carbonyl (C=O) groups is 1. The molecule has 1 aliphatic carbocycles. The third-order valence-corrected chi connectivity index (χ3v) is 2.98. The van der Waals surface area contributed by atoms with Crippen molar-refractivity contribution in [3.63, 3.8) is 0 Å². The number of amides is 1. The lowest BCUT2D eigenvalue weighted by Gasteiger charge is -2.28. The molecule has 1 unspecified atom stereocenters. The van der Waals surface area contributed by atoms with Gasteiger partial charge in [-0.05, 0) is 17.5 Å². The molecule has 0 radical (unpaired) electrons. The number of fused-ring (bicyclic) bond motifs is 1. The van der Waals surface area contributed by atoms with Crippen molar-refractivity contribution in [3.05, 3.63) is 35.4 Å². The van der Waals surface area contributed by atoms with Gasteiger partial charge in [0.25, 0.3) is 0 Å². The van der Waals surface area contributed by atoms with Crippen LogP contribution in [0.15, 0.2) is 24.3 Å². The molecule has 1 atom stereocenters. The molecule has 3 N–H and O–H groups in total. The number of benzene rings is 1. The minimum atomic E-state index is 0.0284. The predicted molar refractivity (Wildman–Crippen MR) is 65.8 cm³/mol. The summed E-state index contributed by atoms with van der Waals surface area (Å²) in [6.07, 6.45) is 0.853. The van der Waals surface area contributed by atoms with Crippen LogP contribution in [-0.2, 0) is 16.0 Å². The van der Waals surface area contributed by atoms with Crippen LogP contribution < -0.4 is 11.1 Å². The highest BCUT2D eigenvalue weighted by Crippen LogP contribution is 2.34. The number of rotatable bonds is 6. The molecule has 92 valence electrons. The molecule has 0 saturated heterocycles. The average Bonchev–Trinajstić information content (AvgIpc) is 2.30. The van der Waals surface area contributed by atoms with Crippen LogP contribution in [0, 0.1) is 0 Å². The van der Waals surface area contributed by atoms with Crippen LogP contribution in [0.2, 0.25) is 0 Å². The first kappa shape index (κ1) is 12.1. The summed E-state index contributed by atoms with van der Waals surface area (Å²) in [5.74, 6) is 0.126. The van der Waals surface area contributed by atoms with Gasteiger partial charge in [-0.2, -0.15) is 0 Å². The summed E-state index contributed by atoms with van der Waals surface area (Å²) in [4.78, 5) is 11.8. The van der Waals surface area contributed by atoms with Gasteiger partial charge in [-0.25, -0.2) is 0 Å². The van der Waals surface area contributed by atoms with Crippen molar-refractivity contribution in [1.82, 2.24) is 5.32 Å². The molecular weight excluding hydrogens is 216 g/mol. The quantitative estimate of drug-likeness (QED) is 0.701. The minimum absolute atomic E-state index is 0.0284. The normalized spacial score (nSPS) is 17.1. The second-order valence-corrected chi connectivity index (χ2v) is 4.15. The van der Waals surface area contributed by atoms with Gasteiger partial charge in [0.2, 0.25) is 5.91 Å². The van der Waals surface area contributed by atoms with E-state index in [0.29, 0.717) is 26.3 Å². The van der Waals surface area contributed by atoms with E-state index in [4.69, 9.17) is 10.5 Å². The van der Waals surface area contributed by atoms with Gasteiger partial charge in [0.1, 0.15) is 0 Å². The second-order valence-electron chi connectivity index (χ2n) is 4.15. The number of nitrogens with two attached hydrogens (primary N) is 1. The first-order chi connectivity index (χ1) is 8.33. The Balaban J connectivity index is 1.72. The highest BCUT2D eigenvalue weighted by Gasteiger charge is 2.31. The molecule has 1 aromatic carbocycles. The zero-order valence-corrected chi connectivity index (χ0v) is 9.82. The molecule has 0 aliphatic heterocycles. The average molecular weight is 234 g/mol. The third kappa shape index (κ3) is 2.84. The van der Waals surface area contributed by atoms with Gasteiger partial charge in [0, 0.05) is 13.1 Å². The van der Waals surface area contributed by atoms with Gasteiger partial charge in [-0.1, -0.05) is 24.3 Å². The monoisotopic (exact) mass is 234 g/mol. The number of ether oxygens (including phenoxy) is 1. The van der Waals surface area contributed by atoms with Crippen LogP contribution in [0.5, 0.6) is 0 Å². The Kier molecular flexibility index (Phi) is 4.12. The lowest BCUT2D eigenvalue weighted by molar-refractivity contribution is -0.123. The fourth-order valence-electron chi connectivity index (χ4n) is 2.05. The highest BCUT2D eigenvalue weighted by atomic mass is 16.5. The van der Waals surface area contributed by atoms with Gasteiger partial charge in [-0.3, -0.25) is 4.79 Å². The summed E-state index contributed by atoms with van der Waals surface area (Å²) in [5.41, 5.74) is 7.73. The van der Waals surface area contributed by atoms with Crippen LogP contribution in [0.4, 0.5) is 0 Å². The minimum Gasteiger partial charge on any atom is -0.378 e. The van der Waals surface area contributed by atoms with E-state index in [1.807, 2.05) is 18.2 Å². The molecule has 0 heterocycles. The van der Waals surface area contributed by atoms with Crippen molar-refractivity contribution in [1.29, 1.82) is 0 Å². The Morgan fingerprint density at radius 2 is 2.24 bits per heavy atom. The Bertz CT molecular complexity index is 393. The van der Waals surface area contributed by atoms with Gasteiger partial charge < -0.3 is 15.8 Å². The van der Waals surface area contributed by atoms with Crippen molar-refractivity contribution in [2.45, 2.75) is 12.3 Å². The van der Waals surface area contributed by atoms with Crippen molar-refractivity contribution in [2.75, 3.05) is 26.3 Å². The summed E-state index contributed by atoms with van der Waals surface area (Å²) in [7, 11) is 0. The Hall–Kier alpha value is -1.39. The van der Waals surface area contributed by atoms with Crippen molar-refractivity contribution in [2.24, 2.45) is 5.73 Å². The first-order valence-corrected chi connectivity index (χ1v) is 5.96. The summed E-state index contributed by atoms with van der Waals surface area (Å²) in [5, 5.41) is 2.88. The standard InChI is InChI=1S/C13H18N2O2/c14-5-7-17-8-6-15-13(16)12-9-10-3-1-2-4-11(10)12/h1-4,12H,5-9,14H2,(H,15,16). The summed E-state index contributed by atoms with van der Waals surface area (Å²) in [6.45, 7) is 2.14. The summed E-state index contributed by atoms with van der Waals surface area (Å²) in [6, 6.07) is 8.08. The molecule has 1 aromatic rings. The van der Waals surface area contributed by atoms with Gasteiger partial charge in [0.15, 0.2) is 0 Å². The Labute approximate surface area is 101 Å². The van der Waals surface area contributed by atoms with Gasteiger partial charge >= 0.3 is 0 Å². The molecule has 1 amide bonds. The van der Waals surface area contributed by atoms with E-state index in [1.54, 1.807) is 0 Å². The molecule has 0 fully saturated rings. The molecule has 0 spiro atoms. The van der Waals surface area contributed by atoms with Crippen LogP contribution >= 0.6 is 0 Å². The zero-order valence-electron chi connectivity index (χ0n) is 9.82. The summed E-state index contributed by atoms with van der Waals surface area (Å²) < 4.78 is 5.19. The molecule has 1 aliphatic rings. The molecule has 0 saturated carbocycles. The maximum Gasteiger partial charge on any atom is 0.227 e. The van der Waals surface area contributed by atoms with E-state index in [9.17, 15) is 4.79 Å². The van der Waals surface area contributed by atoms with Crippen LogP contribution in [0.3, 0.4) is 0 Å². The number of hydrogen-bond acceptors (Lipinski definition) is 3. The first-order valence-electron chi connectivity index (χ1n) is 5.96. The van der Waals surface area contributed by atoms with Crippen molar-refractivity contribution in [3.8, 4) is 0 Å². The molecule has 0 bridgehead atoms. The van der Waals surface area contributed by atoms with E-state index < -0.39 is 0 Å². The Morgan fingerprint density at radius 1 is 1.41 bits per heavy atom. The third-order valence-electron chi connectivity index (χ3n) is 2.98. The van der Waals surface area contributed by atoms with Crippen LogP contribution in [-0.4, -0.2) is 32.2 Å². The van der Waals surface area contributed by atoms with E-state index in [1.165, 1.54) is 5.56 Å². The van der Waals surface area contributed by atoms with Crippen LogP contribution in [0.25, 0.3) is 0 Å². The van der Waals surface area contributed by atoms with Crippen LogP contribution in [0.1, 0.15) is 17.0 Å². The molecule has 0 aromatic heterocycles. The molecule has 2 rings (SSSR count). The van der Waals surface area contributed by atoms with Crippen molar-refractivity contribution >= 4 is 5.91 Å². The fourth-order valence-corrected chi connectivity index (χ4v) is 2.05. The number of hydrogen-bond donors (Lipinski definition) is 2. The van der Waals surface area contributed by atoms with E-state index in [0.717, 1.165) is 12.0 Å². The SMILES string of the molecule is NCCOCCNC(=O)C1Cc2ccccc21. The second kappa shape index (κ2) is 5.80. The molecule has 4 heteroatoms. The summed E-state index contributed by atoms with van der Waals surface area (Å²) >= 11 is 0. The Morgan fingerprint density at radius 3 is 3.00 bits per heavy atom. The lowest BCUT2D eigenvalue weighted by atomic mass is 9.77. The maximum atomic E-state index is 11.8. The topological polar surface area (TPSA) is 64.3 Å². The predicted octanol–water partition coefficient (Wildman–Crippen LogP) is 0.418. The van der Waals surface area contributed by atoms with E-state index in [-0.39, 0.29) is 11.8 Å². The van der Waals surface area contributed by atoms with Crippen molar-refractivity contribution < 1.29 is 9.53 Å². The smallest absolute Gasteiger partial charge is 0.227 e. The lowest BCUT2D eigenvalue weighted by Crippen LogP contribution is -2.37.